The molecule has 6 nitrogen and oxygen atoms in total. The maximum atomic E-state index is 12.9. The highest BCUT2D eigenvalue weighted by molar-refractivity contribution is 5.92. The summed E-state index contributed by atoms with van der Waals surface area (Å²) in [5, 5.41) is 2.70. The molecule has 1 N–H and O–H groups in total. The van der Waals surface area contributed by atoms with Crippen LogP contribution >= 0.6 is 0 Å². The molecule has 1 heterocycles. The molecule has 0 fully saturated rings. The van der Waals surface area contributed by atoms with E-state index in [0.717, 1.165) is 5.56 Å². The zero-order valence-corrected chi connectivity index (χ0v) is 14.9. The molecule has 0 bridgehead atoms. The van der Waals surface area contributed by atoms with Crippen LogP contribution in [-0.2, 0) is 16.0 Å². The first-order valence-corrected chi connectivity index (χ1v) is 8.66. The lowest BCUT2D eigenvalue weighted by Gasteiger charge is -2.19. The monoisotopic (exact) mass is 373 g/mol. The van der Waals surface area contributed by atoms with Crippen molar-refractivity contribution >= 4 is 11.9 Å². The third kappa shape index (κ3) is 4.97. The van der Waals surface area contributed by atoms with Crippen molar-refractivity contribution in [2.45, 2.75) is 19.4 Å². The molecular formula is C20H20FNO5. The number of fused-ring (bicyclic) bond motifs is 1. The first kappa shape index (κ1) is 18.7. The average molecular weight is 373 g/mol. The van der Waals surface area contributed by atoms with Crippen molar-refractivity contribution in [1.82, 2.24) is 5.32 Å². The SMILES string of the molecule is C[C@@H](OC(=O)c1ccc2c(c1)OCCO2)C(=O)NCCc1ccc(F)cc1. The number of hydrogen-bond donors (Lipinski definition) is 1. The Balaban J connectivity index is 1.48. The van der Waals surface area contributed by atoms with Crippen LogP contribution in [0.3, 0.4) is 0 Å². The van der Waals surface area contributed by atoms with E-state index in [1.54, 1.807) is 24.3 Å². The Morgan fingerprint density at radius 2 is 1.81 bits per heavy atom. The summed E-state index contributed by atoms with van der Waals surface area (Å²) in [4.78, 5) is 24.3. The lowest BCUT2D eigenvalue weighted by atomic mass is 10.1. The van der Waals surface area contributed by atoms with Crippen molar-refractivity contribution in [1.29, 1.82) is 0 Å². The van der Waals surface area contributed by atoms with Gasteiger partial charge in [-0.05, 0) is 49.2 Å². The molecule has 0 saturated heterocycles. The Bertz CT molecular complexity index is 822. The van der Waals surface area contributed by atoms with Crippen LogP contribution in [-0.4, -0.2) is 37.7 Å². The standard InChI is InChI=1S/C20H20FNO5/c1-13(19(23)22-9-8-14-2-5-16(21)6-3-14)27-20(24)15-4-7-17-18(12-15)26-11-10-25-17/h2-7,12-13H,8-11H2,1H3,(H,22,23)/t13-/m1/s1. The summed E-state index contributed by atoms with van der Waals surface area (Å²) in [6.45, 7) is 2.74. The zero-order chi connectivity index (χ0) is 19.2. The van der Waals surface area contributed by atoms with Gasteiger partial charge >= 0.3 is 5.97 Å². The molecule has 0 aliphatic carbocycles. The van der Waals surface area contributed by atoms with E-state index < -0.39 is 18.0 Å². The molecule has 1 amide bonds. The number of halogens is 1. The minimum atomic E-state index is -0.945. The number of carbonyl (C=O) groups excluding carboxylic acids is 2. The quantitative estimate of drug-likeness (QED) is 0.788. The fraction of sp³-hybridized carbons (Fsp3) is 0.300. The first-order chi connectivity index (χ1) is 13.0. The van der Waals surface area contributed by atoms with Crippen molar-refractivity contribution in [2.24, 2.45) is 0 Å². The molecule has 0 saturated carbocycles. The summed E-state index contributed by atoms with van der Waals surface area (Å²) >= 11 is 0. The molecule has 0 spiro atoms. The largest absolute Gasteiger partial charge is 0.486 e. The second kappa shape index (κ2) is 8.53. The van der Waals surface area contributed by atoms with Crippen LogP contribution in [0.1, 0.15) is 22.8 Å². The Morgan fingerprint density at radius 1 is 1.11 bits per heavy atom. The lowest BCUT2D eigenvalue weighted by Crippen LogP contribution is -2.36. The molecule has 27 heavy (non-hydrogen) atoms. The molecule has 1 atom stereocenters. The van der Waals surface area contributed by atoms with Gasteiger partial charge in [-0.2, -0.15) is 0 Å². The van der Waals surface area contributed by atoms with E-state index in [0.29, 0.717) is 37.7 Å². The van der Waals surface area contributed by atoms with Gasteiger partial charge in [-0.25, -0.2) is 9.18 Å². The van der Waals surface area contributed by atoms with Crippen molar-refractivity contribution in [3.63, 3.8) is 0 Å². The minimum absolute atomic E-state index is 0.283. The van der Waals surface area contributed by atoms with Crippen molar-refractivity contribution < 1.29 is 28.2 Å². The molecule has 0 unspecified atom stereocenters. The summed E-state index contributed by atoms with van der Waals surface area (Å²) < 4.78 is 28.9. The summed E-state index contributed by atoms with van der Waals surface area (Å²) in [5.74, 6) is -0.268. The van der Waals surface area contributed by atoms with Gasteiger partial charge in [-0.15, -0.1) is 0 Å². The van der Waals surface area contributed by atoms with Crippen LogP contribution < -0.4 is 14.8 Å². The Labute approximate surface area is 156 Å². The van der Waals surface area contributed by atoms with E-state index in [-0.39, 0.29) is 11.4 Å². The van der Waals surface area contributed by atoms with E-state index in [4.69, 9.17) is 14.2 Å². The van der Waals surface area contributed by atoms with Gasteiger partial charge in [0.2, 0.25) is 0 Å². The predicted molar refractivity (Wildman–Crippen MR) is 95.4 cm³/mol. The summed E-state index contributed by atoms with van der Waals surface area (Å²) in [6.07, 6.45) is -0.395. The summed E-state index contributed by atoms with van der Waals surface area (Å²) in [7, 11) is 0. The summed E-state index contributed by atoms with van der Waals surface area (Å²) in [5.41, 5.74) is 1.18. The number of benzene rings is 2. The van der Waals surface area contributed by atoms with Crippen molar-refractivity contribution in [2.75, 3.05) is 19.8 Å². The lowest BCUT2D eigenvalue weighted by molar-refractivity contribution is -0.129. The average Bonchev–Trinajstić information content (AvgIpc) is 2.69. The maximum Gasteiger partial charge on any atom is 0.339 e. The molecule has 3 rings (SSSR count). The fourth-order valence-corrected chi connectivity index (χ4v) is 2.58. The van der Waals surface area contributed by atoms with Crippen LogP contribution in [0.4, 0.5) is 4.39 Å². The third-order valence-corrected chi connectivity index (χ3v) is 4.06. The van der Waals surface area contributed by atoms with Gasteiger partial charge in [-0.3, -0.25) is 4.79 Å². The number of carbonyl (C=O) groups is 2. The van der Waals surface area contributed by atoms with Gasteiger partial charge < -0.3 is 19.5 Å². The number of amides is 1. The number of esters is 1. The van der Waals surface area contributed by atoms with Gasteiger partial charge in [0.05, 0.1) is 5.56 Å². The molecule has 0 radical (unpaired) electrons. The molecule has 142 valence electrons. The molecule has 7 heteroatoms. The van der Waals surface area contributed by atoms with E-state index in [1.807, 2.05) is 0 Å². The minimum Gasteiger partial charge on any atom is -0.486 e. The molecule has 1 aliphatic heterocycles. The van der Waals surface area contributed by atoms with Crippen molar-refractivity contribution in [3.8, 4) is 11.5 Å². The second-order valence-electron chi connectivity index (χ2n) is 6.07. The molecule has 2 aromatic carbocycles. The number of nitrogens with one attached hydrogen (secondary N) is 1. The highest BCUT2D eigenvalue weighted by Crippen LogP contribution is 2.31. The van der Waals surface area contributed by atoms with Gasteiger partial charge in [0.15, 0.2) is 17.6 Å². The number of ether oxygens (including phenoxy) is 3. The van der Waals surface area contributed by atoms with Crippen LogP contribution in [0.2, 0.25) is 0 Å². The topological polar surface area (TPSA) is 73.9 Å². The fourth-order valence-electron chi connectivity index (χ4n) is 2.58. The number of hydrogen-bond acceptors (Lipinski definition) is 5. The van der Waals surface area contributed by atoms with E-state index >= 15 is 0 Å². The Kier molecular flexibility index (Phi) is 5.90. The smallest absolute Gasteiger partial charge is 0.339 e. The van der Waals surface area contributed by atoms with Crippen LogP contribution in [0.15, 0.2) is 42.5 Å². The summed E-state index contributed by atoms with van der Waals surface area (Å²) in [6, 6.07) is 10.8. The maximum absolute atomic E-state index is 12.9. The first-order valence-electron chi connectivity index (χ1n) is 8.66. The number of rotatable bonds is 6. The Hall–Kier alpha value is -3.09. The van der Waals surface area contributed by atoms with E-state index in [2.05, 4.69) is 5.32 Å². The second-order valence-corrected chi connectivity index (χ2v) is 6.07. The van der Waals surface area contributed by atoms with Crippen LogP contribution in [0.25, 0.3) is 0 Å². The van der Waals surface area contributed by atoms with Gasteiger partial charge in [0, 0.05) is 6.54 Å². The normalized spacial score (nSPS) is 13.6. The highest BCUT2D eigenvalue weighted by atomic mass is 19.1. The van der Waals surface area contributed by atoms with Crippen LogP contribution in [0.5, 0.6) is 11.5 Å². The van der Waals surface area contributed by atoms with Gasteiger partial charge in [-0.1, -0.05) is 12.1 Å². The zero-order valence-electron chi connectivity index (χ0n) is 14.9. The predicted octanol–water partition coefficient (Wildman–Crippen LogP) is 2.50. The molecular weight excluding hydrogens is 353 g/mol. The molecule has 0 aromatic heterocycles. The van der Waals surface area contributed by atoms with Gasteiger partial charge in [0.25, 0.3) is 5.91 Å². The third-order valence-electron chi connectivity index (χ3n) is 4.06. The highest BCUT2D eigenvalue weighted by Gasteiger charge is 2.20. The molecule has 2 aromatic rings. The van der Waals surface area contributed by atoms with Crippen molar-refractivity contribution in [3.05, 3.63) is 59.4 Å². The molecule has 1 aliphatic rings. The van der Waals surface area contributed by atoms with E-state index in [1.165, 1.54) is 25.1 Å². The van der Waals surface area contributed by atoms with Crippen LogP contribution in [0, 0.1) is 5.82 Å². The van der Waals surface area contributed by atoms with E-state index in [9.17, 15) is 14.0 Å². The Morgan fingerprint density at radius 3 is 2.56 bits per heavy atom. The van der Waals surface area contributed by atoms with Gasteiger partial charge in [0.1, 0.15) is 19.0 Å².